The van der Waals surface area contributed by atoms with Crippen molar-refractivity contribution in [3.63, 3.8) is 0 Å². The van der Waals surface area contributed by atoms with Gasteiger partial charge in [0.15, 0.2) is 5.82 Å². The SMILES string of the molecule is COc1cccc(Oc2cccc(C3=C(C4CCCCC4)C4=CN=C[C@H](c5nn[nH]n5)C4N=C3)c2)c1. The average Bonchev–Trinajstić information content (AvgIpc) is 3.48. The van der Waals surface area contributed by atoms with Crippen LogP contribution in [0.2, 0.25) is 0 Å². The molecule has 3 heterocycles. The summed E-state index contributed by atoms with van der Waals surface area (Å²) in [5, 5.41) is 14.8. The molecule has 0 amide bonds. The molecule has 1 aliphatic carbocycles. The summed E-state index contributed by atoms with van der Waals surface area (Å²) in [6, 6.07) is 15.8. The first kappa shape index (κ1) is 22.4. The van der Waals surface area contributed by atoms with Crippen molar-refractivity contribution in [3.05, 3.63) is 77.3 Å². The first-order valence-corrected chi connectivity index (χ1v) is 12.5. The third-order valence-electron chi connectivity index (χ3n) is 7.18. The summed E-state index contributed by atoms with van der Waals surface area (Å²) in [7, 11) is 1.65. The van der Waals surface area contributed by atoms with E-state index in [4.69, 9.17) is 14.5 Å². The van der Waals surface area contributed by atoms with Crippen LogP contribution < -0.4 is 9.47 Å². The number of methoxy groups -OCH3 is 1. The van der Waals surface area contributed by atoms with E-state index in [-0.39, 0.29) is 12.0 Å². The number of H-pyrrole nitrogens is 1. The van der Waals surface area contributed by atoms with Crippen LogP contribution in [0.4, 0.5) is 0 Å². The Kier molecular flexibility index (Phi) is 6.15. The van der Waals surface area contributed by atoms with Gasteiger partial charge < -0.3 is 9.47 Å². The molecule has 182 valence electrons. The molecular weight excluding hydrogens is 452 g/mol. The fourth-order valence-corrected chi connectivity index (χ4v) is 5.47. The summed E-state index contributed by atoms with van der Waals surface area (Å²) in [6.07, 6.45) is 12.0. The van der Waals surface area contributed by atoms with E-state index in [1.807, 2.05) is 55.0 Å². The molecule has 1 aromatic heterocycles. The molecule has 0 spiro atoms. The summed E-state index contributed by atoms with van der Waals surface area (Å²) in [4.78, 5) is 9.62. The summed E-state index contributed by atoms with van der Waals surface area (Å²) in [6.45, 7) is 0. The Morgan fingerprint density at radius 3 is 2.56 bits per heavy atom. The maximum absolute atomic E-state index is 6.19. The lowest BCUT2D eigenvalue weighted by atomic mass is 9.73. The van der Waals surface area contributed by atoms with Crippen molar-refractivity contribution in [1.29, 1.82) is 0 Å². The molecule has 8 nitrogen and oxygen atoms in total. The van der Waals surface area contributed by atoms with Crippen molar-refractivity contribution < 1.29 is 9.47 Å². The zero-order valence-electron chi connectivity index (χ0n) is 20.2. The molecule has 1 fully saturated rings. The van der Waals surface area contributed by atoms with Crippen molar-refractivity contribution >= 4 is 18.0 Å². The molecule has 1 unspecified atom stereocenters. The summed E-state index contributed by atoms with van der Waals surface area (Å²) >= 11 is 0. The van der Waals surface area contributed by atoms with Crippen LogP contribution in [0.15, 0.2) is 75.9 Å². The Bertz CT molecular complexity index is 1350. The summed E-state index contributed by atoms with van der Waals surface area (Å²) in [5.41, 5.74) is 4.74. The zero-order chi connectivity index (χ0) is 24.3. The van der Waals surface area contributed by atoms with Crippen LogP contribution >= 0.6 is 0 Å². The second kappa shape index (κ2) is 9.89. The van der Waals surface area contributed by atoms with E-state index in [0.29, 0.717) is 11.7 Å². The molecule has 1 saturated carbocycles. The highest BCUT2D eigenvalue weighted by atomic mass is 16.5. The number of dihydropyridines is 1. The lowest BCUT2D eigenvalue weighted by Crippen LogP contribution is -2.30. The molecular formula is C28H28N6O2. The van der Waals surface area contributed by atoms with Gasteiger partial charge in [-0.3, -0.25) is 9.98 Å². The number of nitrogens with zero attached hydrogens (tertiary/aromatic N) is 5. The number of ether oxygens (including phenoxy) is 2. The van der Waals surface area contributed by atoms with Crippen molar-refractivity contribution in [1.82, 2.24) is 20.6 Å². The Balaban J connectivity index is 1.39. The highest BCUT2D eigenvalue weighted by Crippen LogP contribution is 2.44. The lowest BCUT2D eigenvalue weighted by Gasteiger charge is -2.35. The molecule has 3 aliphatic rings. The maximum atomic E-state index is 6.19. The van der Waals surface area contributed by atoms with Gasteiger partial charge in [0, 0.05) is 35.8 Å². The minimum Gasteiger partial charge on any atom is -0.497 e. The molecule has 36 heavy (non-hydrogen) atoms. The van der Waals surface area contributed by atoms with Gasteiger partial charge in [0.05, 0.1) is 19.1 Å². The number of allylic oxidation sites excluding steroid dienone is 1. The Labute approximate surface area is 209 Å². The van der Waals surface area contributed by atoms with E-state index in [0.717, 1.165) is 34.0 Å². The van der Waals surface area contributed by atoms with Gasteiger partial charge in [-0.15, -0.1) is 10.2 Å². The number of hydrogen-bond donors (Lipinski definition) is 1. The second-order valence-electron chi connectivity index (χ2n) is 9.37. The molecule has 2 aromatic carbocycles. The first-order valence-electron chi connectivity index (χ1n) is 12.5. The van der Waals surface area contributed by atoms with Gasteiger partial charge in [0.1, 0.15) is 17.2 Å². The van der Waals surface area contributed by atoms with Crippen molar-refractivity contribution in [2.75, 3.05) is 7.11 Å². The number of hydrogen-bond acceptors (Lipinski definition) is 7. The van der Waals surface area contributed by atoms with Crippen molar-refractivity contribution in [2.24, 2.45) is 15.9 Å². The van der Waals surface area contributed by atoms with Gasteiger partial charge in [-0.05, 0) is 54.2 Å². The molecule has 0 bridgehead atoms. The topological polar surface area (TPSA) is 97.6 Å². The van der Waals surface area contributed by atoms with Gasteiger partial charge in [-0.25, -0.2) is 0 Å². The Hall–Kier alpha value is -4.07. The minimum absolute atomic E-state index is 0.100. The number of rotatable bonds is 6. The quantitative estimate of drug-likeness (QED) is 0.500. The largest absolute Gasteiger partial charge is 0.497 e. The number of aromatic amines is 1. The molecule has 8 heteroatoms. The second-order valence-corrected chi connectivity index (χ2v) is 9.37. The maximum Gasteiger partial charge on any atom is 0.185 e. The highest BCUT2D eigenvalue weighted by Gasteiger charge is 2.37. The highest BCUT2D eigenvalue weighted by molar-refractivity contribution is 6.13. The first-order chi connectivity index (χ1) is 17.8. The molecule has 3 aromatic rings. The van der Waals surface area contributed by atoms with Gasteiger partial charge in [0.25, 0.3) is 0 Å². The molecule has 2 aliphatic heterocycles. The number of benzene rings is 2. The van der Waals surface area contributed by atoms with Crippen molar-refractivity contribution in [2.45, 2.75) is 44.1 Å². The third-order valence-corrected chi connectivity index (χ3v) is 7.18. The average molecular weight is 481 g/mol. The lowest BCUT2D eigenvalue weighted by molar-refractivity contribution is 0.402. The number of aromatic nitrogens is 4. The summed E-state index contributed by atoms with van der Waals surface area (Å²) in [5.74, 6) is 3.22. The number of nitrogens with one attached hydrogen (secondary N) is 1. The molecule has 1 N–H and O–H groups in total. The fourth-order valence-electron chi connectivity index (χ4n) is 5.47. The van der Waals surface area contributed by atoms with Crippen LogP contribution in [0.25, 0.3) is 5.57 Å². The minimum atomic E-state index is -0.136. The van der Waals surface area contributed by atoms with Crippen LogP contribution in [0.5, 0.6) is 17.2 Å². The third kappa shape index (κ3) is 4.34. The van der Waals surface area contributed by atoms with Gasteiger partial charge >= 0.3 is 0 Å². The standard InChI is InChI=1S/C28H28N6O2/c1-35-20-10-6-12-22(14-20)36-21-11-5-9-19(13-21)23-17-30-27-24(26(23)18-7-3-2-4-8-18)15-29-16-25(27)28-31-33-34-32-28/h5-6,9-18,25,27H,2-4,7-8H2,1H3,(H,31,32,33,34)/t25-,27?/m0/s1. The van der Waals surface area contributed by atoms with Crippen LogP contribution in [0, 0.1) is 5.92 Å². The van der Waals surface area contributed by atoms with Gasteiger partial charge in [0.2, 0.25) is 0 Å². The van der Waals surface area contributed by atoms with Crippen LogP contribution in [0.1, 0.15) is 49.4 Å². The molecule has 0 radical (unpaired) electrons. The predicted octanol–water partition coefficient (Wildman–Crippen LogP) is 5.54. The molecule has 6 rings (SSSR count). The molecule has 0 saturated heterocycles. The number of tetrazole rings is 1. The van der Waals surface area contributed by atoms with Crippen molar-refractivity contribution in [3.8, 4) is 17.2 Å². The van der Waals surface area contributed by atoms with Crippen LogP contribution in [-0.4, -0.2) is 46.2 Å². The number of fused-ring (bicyclic) bond motifs is 1. The molecule has 2 atom stereocenters. The van der Waals surface area contributed by atoms with E-state index in [9.17, 15) is 0 Å². The van der Waals surface area contributed by atoms with E-state index >= 15 is 0 Å². The normalized spacial score (nSPS) is 21.8. The zero-order valence-corrected chi connectivity index (χ0v) is 20.2. The van der Waals surface area contributed by atoms with E-state index in [1.54, 1.807) is 7.11 Å². The van der Waals surface area contributed by atoms with E-state index in [1.165, 1.54) is 37.7 Å². The van der Waals surface area contributed by atoms with Gasteiger partial charge in [-0.1, -0.05) is 42.7 Å². The van der Waals surface area contributed by atoms with Crippen LogP contribution in [-0.2, 0) is 0 Å². The Morgan fingerprint density at radius 1 is 0.944 bits per heavy atom. The van der Waals surface area contributed by atoms with E-state index < -0.39 is 0 Å². The fraction of sp³-hybridized carbons (Fsp3) is 0.321. The van der Waals surface area contributed by atoms with Gasteiger partial charge in [-0.2, -0.15) is 5.21 Å². The monoisotopic (exact) mass is 480 g/mol. The Morgan fingerprint density at radius 2 is 1.75 bits per heavy atom. The summed E-state index contributed by atoms with van der Waals surface area (Å²) < 4.78 is 11.5. The van der Waals surface area contributed by atoms with E-state index in [2.05, 4.69) is 37.7 Å². The number of aliphatic imine (C=N–C) groups is 2. The smallest absolute Gasteiger partial charge is 0.185 e. The van der Waals surface area contributed by atoms with Crippen LogP contribution in [0.3, 0.4) is 0 Å². The predicted molar refractivity (Wildman–Crippen MR) is 139 cm³/mol.